The molecule has 2 aliphatic rings. The molecule has 0 unspecified atom stereocenters. The summed E-state index contributed by atoms with van der Waals surface area (Å²) in [4.78, 5) is 31.1. The summed E-state index contributed by atoms with van der Waals surface area (Å²) in [5.41, 5.74) is 3.78. The topological polar surface area (TPSA) is 62.3 Å². The Morgan fingerprint density at radius 2 is 1.65 bits per heavy atom. The number of benzene rings is 2. The zero-order chi connectivity index (χ0) is 24.3. The second kappa shape index (κ2) is 9.95. The maximum atomic E-state index is 12.8. The average molecular weight is 466 g/mol. The Bertz CT molecular complexity index is 1010. The highest BCUT2D eigenvalue weighted by Gasteiger charge is 2.32. The van der Waals surface area contributed by atoms with Gasteiger partial charge in [-0.1, -0.05) is 36.4 Å². The maximum Gasteiger partial charge on any atom is 0.414 e. The minimum absolute atomic E-state index is 0.160. The van der Waals surface area contributed by atoms with Gasteiger partial charge in [0.15, 0.2) is 0 Å². The Morgan fingerprint density at radius 3 is 2.32 bits per heavy atom. The molecule has 0 saturated carbocycles. The van der Waals surface area contributed by atoms with Gasteiger partial charge in [-0.05, 0) is 57.7 Å². The van der Waals surface area contributed by atoms with Crippen molar-refractivity contribution in [3.63, 3.8) is 0 Å². The van der Waals surface area contributed by atoms with E-state index in [0.29, 0.717) is 6.54 Å². The molecule has 0 radical (unpaired) electrons. The van der Waals surface area contributed by atoms with E-state index in [-0.39, 0.29) is 24.8 Å². The number of carbonyl (C=O) groups is 2. The number of fused-ring (bicyclic) bond motifs is 1. The van der Waals surface area contributed by atoms with Gasteiger partial charge < -0.3 is 19.3 Å². The number of hydrogen-bond acceptors (Lipinski definition) is 5. The molecule has 182 valence electrons. The molecule has 7 nitrogen and oxygen atoms in total. The molecule has 4 rings (SSSR count). The van der Waals surface area contributed by atoms with Crippen molar-refractivity contribution in [2.24, 2.45) is 0 Å². The monoisotopic (exact) mass is 465 g/mol. The van der Waals surface area contributed by atoms with Crippen LogP contribution in [0.15, 0.2) is 48.5 Å². The van der Waals surface area contributed by atoms with Crippen LogP contribution in [0.1, 0.15) is 44.7 Å². The second-order valence-electron chi connectivity index (χ2n) is 10.0. The first-order valence-corrected chi connectivity index (χ1v) is 12.0. The number of carbonyl (C=O) groups excluding carboxylic acids is 2. The van der Waals surface area contributed by atoms with Crippen LogP contribution in [0.4, 0.5) is 21.0 Å². The Balaban J connectivity index is 1.37. The molecule has 7 heteroatoms. The minimum Gasteiger partial charge on any atom is -0.444 e. The zero-order valence-electron chi connectivity index (χ0n) is 20.6. The van der Waals surface area contributed by atoms with Gasteiger partial charge in [-0.3, -0.25) is 4.90 Å². The number of anilines is 2. The fourth-order valence-electron chi connectivity index (χ4n) is 4.68. The Hall–Kier alpha value is -3.22. The van der Waals surface area contributed by atoms with E-state index in [2.05, 4.69) is 11.0 Å². The number of piperidine rings is 1. The van der Waals surface area contributed by atoms with Gasteiger partial charge in [-0.15, -0.1) is 0 Å². The molecule has 0 N–H and O–H groups in total. The fraction of sp³-hybridized carbons (Fsp3) is 0.481. The first-order chi connectivity index (χ1) is 16.2. The largest absolute Gasteiger partial charge is 0.444 e. The zero-order valence-corrected chi connectivity index (χ0v) is 20.6. The molecule has 1 fully saturated rings. The quantitative estimate of drug-likeness (QED) is 0.619. The molecule has 0 spiro atoms. The van der Waals surface area contributed by atoms with Crippen molar-refractivity contribution >= 4 is 23.6 Å². The summed E-state index contributed by atoms with van der Waals surface area (Å²) in [7, 11) is 1.83. The molecule has 2 amide bonds. The van der Waals surface area contributed by atoms with Crippen molar-refractivity contribution in [3.05, 3.63) is 59.7 Å². The first kappa shape index (κ1) is 23.9. The molecule has 0 atom stereocenters. The molecule has 0 aromatic heterocycles. The molecular weight excluding hydrogens is 430 g/mol. The number of rotatable bonds is 4. The van der Waals surface area contributed by atoms with Crippen molar-refractivity contribution < 1.29 is 19.1 Å². The molecule has 2 aromatic carbocycles. The van der Waals surface area contributed by atoms with Gasteiger partial charge in [0.1, 0.15) is 12.2 Å². The lowest BCUT2D eigenvalue weighted by Crippen LogP contribution is -2.47. The van der Waals surface area contributed by atoms with Crippen LogP contribution in [0.3, 0.4) is 0 Å². The van der Waals surface area contributed by atoms with Crippen molar-refractivity contribution in [1.29, 1.82) is 0 Å². The van der Waals surface area contributed by atoms with Crippen LogP contribution >= 0.6 is 0 Å². The third kappa shape index (κ3) is 5.46. The van der Waals surface area contributed by atoms with E-state index < -0.39 is 5.60 Å². The van der Waals surface area contributed by atoms with E-state index >= 15 is 0 Å². The molecule has 2 aromatic rings. The van der Waals surface area contributed by atoms with E-state index in [1.54, 1.807) is 9.80 Å². The highest BCUT2D eigenvalue weighted by molar-refractivity contribution is 5.92. The fourth-order valence-corrected chi connectivity index (χ4v) is 4.68. The summed E-state index contributed by atoms with van der Waals surface area (Å²) in [6.45, 7) is 8.26. The summed E-state index contributed by atoms with van der Waals surface area (Å²) in [6.07, 6.45) is 1.99. The number of nitrogens with zero attached hydrogens (tertiary/aromatic N) is 3. The summed E-state index contributed by atoms with van der Waals surface area (Å²) in [6, 6.07) is 16.0. The molecule has 1 saturated heterocycles. The lowest BCUT2D eigenvalue weighted by Gasteiger charge is -2.38. The van der Waals surface area contributed by atoms with Crippen LogP contribution in [-0.4, -0.2) is 55.4 Å². The molecular formula is C27H35N3O4. The second-order valence-corrected chi connectivity index (χ2v) is 10.0. The van der Waals surface area contributed by atoms with Crippen LogP contribution < -0.4 is 9.80 Å². The normalized spacial score (nSPS) is 16.2. The minimum atomic E-state index is -0.495. The summed E-state index contributed by atoms with van der Waals surface area (Å²) < 4.78 is 11.1. The van der Waals surface area contributed by atoms with Crippen molar-refractivity contribution in [3.8, 4) is 0 Å². The van der Waals surface area contributed by atoms with Crippen LogP contribution in [0, 0.1) is 0 Å². The van der Waals surface area contributed by atoms with Crippen molar-refractivity contribution in [2.75, 3.05) is 36.5 Å². The third-order valence-corrected chi connectivity index (χ3v) is 6.46. The van der Waals surface area contributed by atoms with Gasteiger partial charge in [0, 0.05) is 44.0 Å². The van der Waals surface area contributed by atoms with Gasteiger partial charge >= 0.3 is 12.2 Å². The van der Waals surface area contributed by atoms with Gasteiger partial charge in [-0.25, -0.2) is 9.59 Å². The van der Waals surface area contributed by atoms with Crippen LogP contribution in [0.2, 0.25) is 0 Å². The highest BCUT2D eigenvalue weighted by Crippen LogP contribution is 2.37. The van der Waals surface area contributed by atoms with Gasteiger partial charge in [0.05, 0.1) is 5.69 Å². The van der Waals surface area contributed by atoms with Gasteiger partial charge in [-0.2, -0.15) is 0 Å². The van der Waals surface area contributed by atoms with Crippen molar-refractivity contribution in [1.82, 2.24) is 4.90 Å². The molecule has 2 aliphatic heterocycles. The van der Waals surface area contributed by atoms with Crippen LogP contribution in [0.25, 0.3) is 0 Å². The summed E-state index contributed by atoms with van der Waals surface area (Å²) in [5, 5.41) is 0. The van der Waals surface area contributed by atoms with Gasteiger partial charge in [0.25, 0.3) is 0 Å². The number of hydrogen-bond donors (Lipinski definition) is 0. The first-order valence-electron chi connectivity index (χ1n) is 12.0. The standard InChI is InChI=1S/C27H35N3O4/c1-27(2,3)34-25(31)28(4)21-13-16-29(17-14-21)23-11-8-12-24-22(23)15-18-30(24)26(32)33-19-20-9-6-5-7-10-20/h5-12,21H,13-19H2,1-4H3. The number of ether oxygens (including phenoxy) is 2. The lowest BCUT2D eigenvalue weighted by molar-refractivity contribution is 0.0201. The summed E-state index contributed by atoms with van der Waals surface area (Å²) in [5.74, 6) is 0. The van der Waals surface area contributed by atoms with Crippen LogP contribution in [-0.2, 0) is 22.5 Å². The smallest absolute Gasteiger partial charge is 0.414 e. The Morgan fingerprint density at radius 1 is 0.971 bits per heavy atom. The molecule has 34 heavy (non-hydrogen) atoms. The Labute approximate surface area is 202 Å². The SMILES string of the molecule is CN(C(=O)OC(C)(C)C)C1CCN(c2cccc3c2CCN3C(=O)OCc2ccccc2)CC1. The van der Waals surface area contributed by atoms with E-state index in [0.717, 1.165) is 43.6 Å². The maximum absolute atomic E-state index is 12.8. The molecule has 2 heterocycles. The van der Waals surface area contributed by atoms with Crippen molar-refractivity contribution in [2.45, 2.75) is 58.3 Å². The third-order valence-electron chi connectivity index (χ3n) is 6.46. The highest BCUT2D eigenvalue weighted by atomic mass is 16.6. The van der Waals surface area contributed by atoms with Crippen LogP contribution in [0.5, 0.6) is 0 Å². The predicted octanol–water partition coefficient (Wildman–Crippen LogP) is 5.22. The molecule has 0 aliphatic carbocycles. The lowest BCUT2D eigenvalue weighted by atomic mass is 10.0. The Kier molecular flexibility index (Phi) is 7.00. The van der Waals surface area contributed by atoms with E-state index in [1.165, 1.54) is 11.3 Å². The van der Waals surface area contributed by atoms with E-state index in [9.17, 15) is 9.59 Å². The van der Waals surface area contributed by atoms with E-state index in [4.69, 9.17) is 9.47 Å². The van der Waals surface area contributed by atoms with E-state index in [1.807, 2.05) is 70.3 Å². The van der Waals surface area contributed by atoms with Gasteiger partial charge in [0.2, 0.25) is 0 Å². The average Bonchev–Trinajstić information content (AvgIpc) is 3.26. The summed E-state index contributed by atoms with van der Waals surface area (Å²) >= 11 is 0. The predicted molar refractivity (Wildman–Crippen MR) is 133 cm³/mol. The molecule has 0 bridgehead atoms. The number of amides is 2.